The Balaban J connectivity index is 3.20. The van der Waals surface area contributed by atoms with Gasteiger partial charge in [0.15, 0.2) is 11.5 Å². The van der Waals surface area contributed by atoms with E-state index in [1.54, 1.807) is 30.3 Å². The number of amides is 1. The SMILES string of the molecule is CN(C)C(=O)/C(N=N)=C(\O)c1ccccc1. The van der Waals surface area contributed by atoms with Crippen molar-refractivity contribution in [2.45, 2.75) is 0 Å². The molecule has 2 N–H and O–H groups in total. The van der Waals surface area contributed by atoms with Gasteiger partial charge in [-0.25, -0.2) is 5.53 Å². The monoisotopic (exact) mass is 219 g/mol. The average molecular weight is 219 g/mol. The third-order valence-corrected chi connectivity index (χ3v) is 1.99. The number of nitrogens with zero attached hydrogens (tertiary/aromatic N) is 2. The van der Waals surface area contributed by atoms with Crippen LogP contribution in [0.15, 0.2) is 41.1 Å². The summed E-state index contributed by atoms with van der Waals surface area (Å²) in [6.45, 7) is 0. The van der Waals surface area contributed by atoms with E-state index in [0.29, 0.717) is 5.56 Å². The number of nitrogens with one attached hydrogen (secondary N) is 1. The molecule has 0 unspecified atom stereocenters. The van der Waals surface area contributed by atoms with Gasteiger partial charge in [0.1, 0.15) is 0 Å². The largest absolute Gasteiger partial charge is 0.505 e. The number of benzene rings is 1. The Morgan fingerprint density at radius 3 is 2.31 bits per heavy atom. The minimum Gasteiger partial charge on any atom is -0.505 e. The highest BCUT2D eigenvalue weighted by atomic mass is 16.3. The van der Waals surface area contributed by atoms with Crippen LogP contribution in [0.2, 0.25) is 0 Å². The van der Waals surface area contributed by atoms with Crippen LogP contribution in [-0.2, 0) is 4.79 Å². The molecular weight excluding hydrogens is 206 g/mol. The van der Waals surface area contributed by atoms with E-state index in [0.717, 1.165) is 0 Å². The van der Waals surface area contributed by atoms with Gasteiger partial charge in [-0.3, -0.25) is 4.79 Å². The predicted octanol–water partition coefficient (Wildman–Crippen LogP) is 2.03. The minimum absolute atomic E-state index is 0.267. The first-order chi connectivity index (χ1) is 7.57. The molecule has 5 heteroatoms. The predicted molar refractivity (Wildman–Crippen MR) is 59.8 cm³/mol. The molecule has 0 aliphatic carbocycles. The maximum Gasteiger partial charge on any atom is 0.277 e. The van der Waals surface area contributed by atoms with Crippen molar-refractivity contribution >= 4 is 11.7 Å². The van der Waals surface area contributed by atoms with Crippen molar-refractivity contribution in [1.29, 1.82) is 5.53 Å². The van der Waals surface area contributed by atoms with E-state index >= 15 is 0 Å². The Labute approximate surface area is 93.5 Å². The van der Waals surface area contributed by atoms with Crippen LogP contribution in [0.1, 0.15) is 5.56 Å². The lowest BCUT2D eigenvalue weighted by Crippen LogP contribution is -2.23. The van der Waals surface area contributed by atoms with Gasteiger partial charge in [0, 0.05) is 19.7 Å². The molecule has 84 valence electrons. The average Bonchev–Trinajstić information content (AvgIpc) is 2.30. The van der Waals surface area contributed by atoms with Gasteiger partial charge in [0.25, 0.3) is 5.91 Å². The zero-order valence-electron chi connectivity index (χ0n) is 9.14. The van der Waals surface area contributed by atoms with E-state index in [-0.39, 0.29) is 11.5 Å². The van der Waals surface area contributed by atoms with Crippen molar-refractivity contribution in [2.75, 3.05) is 14.1 Å². The Hall–Kier alpha value is -2.17. The van der Waals surface area contributed by atoms with Crippen molar-refractivity contribution in [3.8, 4) is 0 Å². The summed E-state index contributed by atoms with van der Waals surface area (Å²) < 4.78 is 0. The van der Waals surface area contributed by atoms with E-state index in [1.165, 1.54) is 19.0 Å². The molecule has 5 nitrogen and oxygen atoms in total. The molecule has 1 aromatic carbocycles. The van der Waals surface area contributed by atoms with Crippen LogP contribution in [0.3, 0.4) is 0 Å². The van der Waals surface area contributed by atoms with Crippen LogP contribution in [0.5, 0.6) is 0 Å². The smallest absolute Gasteiger partial charge is 0.277 e. The lowest BCUT2D eigenvalue weighted by atomic mass is 10.1. The van der Waals surface area contributed by atoms with Crippen molar-refractivity contribution in [3.05, 3.63) is 41.6 Å². The number of rotatable bonds is 3. The molecule has 0 fully saturated rings. The number of carbonyl (C=O) groups excluding carboxylic acids is 1. The van der Waals surface area contributed by atoms with Crippen LogP contribution in [0, 0.1) is 5.53 Å². The number of carbonyl (C=O) groups is 1. The molecule has 0 bridgehead atoms. The Morgan fingerprint density at radius 2 is 1.88 bits per heavy atom. The summed E-state index contributed by atoms with van der Waals surface area (Å²) in [6.07, 6.45) is 0. The summed E-state index contributed by atoms with van der Waals surface area (Å²) >= 11 is 0. The Kier molecular flexibility index (Phi) is 3.77. The summed E-state index contributed by atoms with van der Waals surface area (Å²) in [5.74, 6) is -0.786. The fourth-order valence-corrected chi connectivity index (χ4v) is 1.15. The fourth-order valence-electron chi connectivity index (χ4n) is 1.15. The minimum atomic E-state index is -0.503. The zero-order chi connectivity index (χ0) is 12.1. The number of hydrogen-bond acceptors (Lipinski definition) is 4. The summed E-state index contributed by atoms with van der Waals surface area (Å²) in [6, 6.07) is 8.54. The second-order valence-corrected chi connectivity index (χ2v) is 3.37. The van der Waals surface area contributed by atoms with Crippen LogP contribution < -0.4 is 0 Å². The van der Waals surface area contributed by atoms with Gasteiger partial charge in [0.2, 0.25) is 0 Å². The van der Waals surface area contributed by atoms with Crippen molar-refractivity contribution in [2.24, 2.45) is 5.11 Å². The maximum absolute atomic E-state index is 11.6. The first kappa shape index (κ1) is 11.9. The van der Waals surface area contributed by atoms with Gasteiger partial charge < -0.3 is 10.0 Å². The summed E-state index contributed by atoms with van der Waals surface area (Å²) in [7, 11) is 3.07. The first-order valence-corrected chi connectivity index (χ1v) is 4.65. The van der Waals surface area contributed by atoms with Gasteiger partial charge in [-0.2, -0.15) is 0 Å². The molecule has 1 amide bonds. The number of likely N-dealkylation sites (N-methyl/N-ethyl adjacent to an activating group) is 1. The van der Waals surface area contributed by atoms with Gasteiger partial charge in [-0.15, -0.1) is 5.11 Å². The third-order valence-electron chi connectivity index (χ3n) is 1.99. The van der Waals surface area contributed by atoms with Crippen molar-refractivity contribution in [1.82, 2.24) is 4.90 Å². The molecule has 0 radical (unpaired) electrons. The molecule has 0 saturated carbocycles. The molecule has 0 aliphatic heterocycles. The fraction of sp³-hybridized carbons (Fsp3) is 0.182. The lowest BCUT2D eigenvalue weighted by Gasteiger charge is -2.11. The normalized spacial score (nSPS) is 11.6. The first-order valence-electron chi connectivity index (χ1n) is 4.65. The van der Waals surface area contributed by atoms with Crippen LogP contribution in [0.25, 0.3) is 5.76 Å². The number of aliphatic hydroxyl groups excluding tert-OH is 1. The second kappa shape index (κ2) is 5.06. The molecule has 1 rings (SSSR count). The molecular formula is C11H13N3O2. The molecule has 0 atom stereocenters. The summed E-state index contributed by atoms with van der Waals surface area (Å²) in [5, 5.41) is 12.9. The highest BCUT2D eigenvalue weighted by molar-refractivity contribution is 5.98. The summed E-state index contributed by atoms with van der Waals surface area (Å²) in [4.78, 5) is 12.8. The molecule has 16 heavy (non-hydrogen) atoms. The lowest BCUT2D eigenvalue weighted by molar-refractivity contribution is -0.124. The quantitative estimate of drug-likeness (QED) is 0.463. The molecule has 0 aromatic heterocycles. The van der Waals surface area contributed by atoms with Crippen LogP contribution in [0.4, 0.5) is 0 Å². The van der Waals surface area contributed by atoms with Gasteiger partial charge in [0.05, 0.1) is 0 Å². The zero-order valence-corrected chi connectivity index (χ0v) is 9.14. The van der Waals surface area contributed by atoms with E-state index < -0.39 is 5.91 Å². The third kappa shape index (κ3) is 2.44. The molecule has 0 aliphatic rings. The Morgan fingerprint density at radius 1 is 1.31 bits per heavy atom. The summed E-state index contributed by atoms with van der Waals surface area (Å²) in [5.41, 5.74) is 7.12. The molecule has 0 saturated heterocycles. The standard InChI is InChI=1S/C11H13N3O2/c1-14(2)11(16)9(13-12)10(15)8-6-4-3-5-7-8/h3-7,12,15H,1-2H3/b10-9+,13-12?. The van der Waals surface area contributed by atoms with E-state index in [9.17, 15) is 9.90 Å². The van der Waals surface area contributed by atoms with E-state index in [4.69, 9.17) is 5.53 Å². The van der Waals surface area contributed by atoms with Crippen molar-refractivity contribution in [3.63, 3.8) is 0 Å². The molecule has 1 aromatic rings. The van der Waals surface area contributed by atoms with Gasteiger partial charge in [-0.1, -0.05) is 30.3 Å². The topological polar surface area (TPSA) is 76.8 Å². The maximum atomic E-state index is 11.6. The number of aliphatic hydroxyl groups is 1. The number of hydrogen-bond donors (Lipinski definition) is 2. The highest BCUT2D eigenvalue weighted by Gasteiger charge is 2.17. The van der Waals surface area contributed by atoms with E-state index in [1.807, 2.05) is 0 Å². The highest BCUT2D eigenvalue weighted by Crippen LogP contribution is 2.17. The Bertz CT molecular complexity index is 424. The second-order valence-electron chi connectivity index (χ2n) is 3.37. The van der Waals surface area contributed by atoms with Gasteiger partial charge in [-0.05, 0) is 0 Å². The van der Waals surface area contributed by atoms with Gasteiger partial charge >= 0.3 is 0 Å². The molecule has 0 heterocycles. The van der Waals surface area contributed by atoms with E-state index in [2.05, 4.69) is 5.11 Å². The van der Waals surface area contributed by atoms with Crippen LogP contribution in [-0.4, -0.2) is 30.0 Å². The van der Waals surface area contributed by atoms with Crippen LogP contribution >= 0.6 is 0 Å². The van der Waals surface area contributed by atoms with Crippen molar-refractivity contribution < 1.29 is 9.90 Å². The molecule has 0 spiro atoms.